The molecule has 0 spiro atoms. The summed E-state index contributed by atoms with van der Waals surface area (Å²) in [4.78, 5) is 12.0. The van der Waals surface area contributed by atoms with Crippen molar-refractivity contribution in [3.8, 4) is 5.75 Å². The van der Waals surface area contributed by atoms with Gasteiger partial charge in [0, 0.05) is 5.92 Å². The monoisotopic (exact) mass is 267 g/mol. The molecular weight excluding hydrogens is 250 g/mol. The van der Waals surface area contributed by atoms with E-state index in [2.05, 4.69) is 0 Å². The first-order valence-corrected chi connectivity index (χ1v) is 6.06. The van der Waals surface area contributed by atoms with Gasteiger partial charge in [-0.15, -0.1) is 0 Å². The van der Waals surface area contributed by atoms with Crippen molar-refractivity contribution in [1.29, 1.82) is 0 Å². The largest absolute Gasteiger partial charge is 0.508 e. The van der Waals surface area contributed by atoms with E-state index >= 15 is 0 Å². The fourth-order valence-corrected chi connectivity index (χ4v) is 2.56. The number of hydrogen-bond acceptors (Lipinski definition) is 4. The number of aliphatic hydroxyl groups excluding tert-OH is 2. The maximum atomic E-state index is 11.0. The number of phenols is 1. The standard InChI is InChI=1S/C13H17NO5/c1-7-12(17)11(8-2-4-9(15)5-3-8)10(16)6-14(7)13(18)19/h2-5,7,10-12,15-17H,6H2,1H3,(H,18,19). The number of hydrogen-bond donors (Lipinski definition) is 4. The van der Waals surface area contributed by atoms with E-state index in [4.69, 9.17) is 5.11 Å². The Morgan fingerprint density at radius 3 is 2.37 bits per heavy atom. The first-order valence-electron chi connectivity index (χ1n) is 6.06. The van der Waals surface area contributed by atoms with Crippen molar-refractivity contribution >= 4 is 6.09 Å². The van der Waals surface area contributed by atoms with E-state index < -0.39 is 30.3 Å². The number of β-amino-alcohol motifs (C(OH)–C–C–N with tert-alkyl or cyclic N) is 1. The second-order valence-electron chi connectivity index (χ2n) is 4.85. The highest BCUT2D eigenvalue weighted by Gasteiger charge is 2.42. The van der Waals surface area contributed by atoms with Gasteiger partial charge >= 0.3 is 6.09 Å². The van der Waals surface area contributed by atoms with E-state index in [0.717, 1.165) is 4.90 Å². The van der Waals surface area contributed by atoms with Gasteiger partial charge in [-0.05, 0) is 24.6 Å². The van der Waals surface area contributed by atoms with Gasteiger partial charge in [-0.1, -0.05) is 12.1 Å². The molecule has 1 fully saturated rings. The lowest BCUT2D eigenvalue weighted by atomic mass is 9.81. The second kappa shape index (κ2) is 5.07. The van der Waals surface area contributed by atoms with Crippen LogP contribution in [0.25, 0.3) is 0 Å². The van der Waals surface area contributed by atoms with Gasteiger partial charge in [0.15, 0.2) is 0 Å². The number of carboxylic acid groups (broad SMARTS) is 1. The van der Waals surface area contributed by atoms with E-state index in [1.807, 2.05) is 0 Å². The third-order valence-electron chi connectivity index (χ3n) is 3.68. The Bertz CT molecular complexity index is 461. The summed E-state index contributed by atoms with van der Waals surface area (Å²) in [6, 6.07) is 5.59. The van der Waals surface area contributed by atoms with Crippen LogP contribution in [0.15, 0.2) is 24.3 Å². The van der Waals surface area contributed by atoms with Gasteiger partial charge in [0.05, 0.1) is 24.8 Å². The van der Waals surface area contributed by atoms with Crippen molar-refractivity contribution in [2.45, 2.75) is 31.1 Å². The average Bonchev–Trinajstić information content (AvgIpc) is 2.36. The molecule has 1 aliphatic rings. The van der Waals surface area contributed by atoms with Gasteiger partial charge in [-0.25, -0.2) is 4.79 Å². The molecule has 4 unspecified atom stereocenters. The third-order valence-corrected chi connectivity index (χ3v) is 3.68. The van der Waals surface area contributed by atoms with Crippen molar-refractivity contribution in [3.05, 3.63) is 29.8 Å². The van der Waals surface area contributed by atoms with E-state index in [1.54, 1.807) is 19.1 Å². The van der Waals surface area contributed by atoms with Crippen molar-refractivity contribution in [2.75, 3.05) is 6.54 Å². The zero-order valence-corrected chi connectivity index (χ0v) is 10.5. The molecule has 1 aromatic carbocycles. The first kappa shape index (κ1) is 13.6. The lowest BCUT2D eigenvalue weighted by molar-refractivity contribution is -0.0531. The van der Waals surface area contributed by atoms with Gasteiger partial charge in [0.25, 0.3) is 0 Å². The molecule has 0 bridgehead atoms. The van der Waals surface area contributed by atoms with Gasteiger partial charge in [-0.2, -0.15) is 0 Å². The molecule has 4 atom stereocenters. The van der Waals surface area contributed by atoms with Crippen LogP contribution in [0.5, 0.6) is 5.75 Å². The number of aromatic hydroxyl groups is 1. The first-order chi connectivity index (χ1) is 8.91. The highest BCUT2D eigenvalue weighted by molar-refractivity contribution is 5.66. The van der Waals surface area contributed by atoms with Gasteiger partial charge in [0.1, 0.15) is 5.75 Å². The fraction of sp³-hybridized carbons (Fsp3) is 0.462. The SMILES string of the molecule is CC1C(O)C(c2ccc(O)cc2)C(O)CN1C(=O)O. The van der Waals surface area contributed by atoms with E-state index in [1.165, 1.54) is 12.1 Å². The van der Waals surface area contributed by atoms with Crippen LogP contribution in [0.2, 0.25) is 0 Å². The summed E-state index contributed by atoms with van der Waals surface area (Å²) in [5, 5.41) is 38.5. The van der Waals surface area contributed by atoms with Gasteiger partial charge < -0.3 is 25.3 Å². The molecule has 4 N–H and O–H groups in total. The fourth-order valence-electron chi connectivity index (χ4n) is 2.56. The zero-order valence-electron chi connectivity index (χ0n) is 10.5. The molecule has 104 valence electrons. The van der Waals surface area contributed by atoms with Crippen molar-refractivity contribution in [3.63, 3.8) is 0 Å². The highest BCUT2D eigenvalue weighted by atomic mass is 16.4. The number of benzene rings is 1. The molecule has 1 aromatic rings. The maximum Gasteiger partial charge on any atom is 0.407 e. The molecule has 1 amide bonds. The minimum atomic E-state index is -1.16. The normalized spacial score (nSPS) is 31.2. The molecule has 6 nitrogen and oxygen atoms in total. The molecule has 1 aliphatic heterocycles. The Morgan fingerprint density at radius 2 is 1.84 bits per heavy atom. The number of rotatable bonds is 1. The minimum absolute atomic E-state index is 0.0426. The van der Waals surface area contributed by atoms with Crippen LogP contribution >= 0.6 is 0 Å². The summed E-state index contributed by atoms with van der Waals surface area (Å²) in [6.07, 6.45) is -3.13. The molecular formula is C13H17NO5. The lowest BCUT2D eigenvalue weighted by Crippen LogP contribution is -2.57. The Balaban J connectivity index is 2.27. The molecule has 1 heterocycles. The van der Waals surface area contributed by atoms with Crippen LogP contribution in [0.4, 0.5) is 4.79 Å². The molecule has 0 aromatic heterocycles. The number of nitrogens with zero attached hydrogens (tertiary/aromatic N) is 1. The van der Waals surface area contributed by atoms with Crippen molar-refractivity contribution in [1.82, 2.24) is 4.90 Å². The number of carbonyl (C=O) groups is 1. The van der Waals surface area contributed by atoms with Crippen LogP contribution in [0.3, 0.4) is 0 Å². The number of aliphatic hydroxyl groups is 2. The summed E-state index contributed by atoms with van der Waals surface area (Å²) >= 11 is 0. The second-order valence-corrected chi connectivity index (χ2v) is 4.85. The number of likely N-dealkylation sites (tertiary alicyclic amines) is 1. The van der Waals surface area contributed by atoms with Crippen molar-refractivity contribution in [2.24, 2.45) is 0 Å². The number of piperidine rings is 1. The number of amides is 1. The van der Waals surface area contributed by atoms with Gasteiger partial charge in [0.2, 0.25) is 0 Å². The third kappa shape index (κ3) is 2.50. The van der Waals surface area contributed by atoms with E-state index in [9.17, 15) is 20.1 Å². The van der Waals surface area contributed by atoms with Crippen LogP contribution in [-0.4, -0.2) is 56.2 Å². The van der Waals surface area contributed by atoms with E-state index in [0.29, 0.717) is 5.56 Å². The molecule has 6 heteroatoms. The summed E-state index contributed by atoms with van der Waals surface area (Å²) in [5.74, 6) is -0.463. The van der Waals surface area contributed by atoms with Gasteiger partial charge in [-0.3, -0.25) is 0 Å². The maximum absolute atomic E-state index is 11.0. The number of phenolic OH excluding ortho intramolecular Hbond substituents is 1. The minimum Gasteiger partial charge on any atom is -0.508 e. The molecule has 0 radical (unpaired) electrons. The predicted octanol–water partition coefficient (Wildman–Crippen LogP) is 0.580. The smallest absolute Gasteiger partial charge is 0.407 e. The molecule has 1 saturated heterocycles. The quantitative estimate of drug-likeness (QED) is 0.596. The Kier molecular flexibility index (Phi) is 3.64. The topological polar surface area (TPSA) is 101 Å². The van der Waals surface area contributed by atoms with Crippen LogP contribution in [0.1, 0.15) is 18.4 Å². The molecule has 0 saturated carbocycles. The Hall–Kier alpha value is -1.79. The Morgan fingerprint density at radius 1 is 1.26 bits per heavy atom. The van der Waals surface area contributed by atoms with Crippen molar-refractivity contribution < 1.29 is 25.2 Å². The lowest BCUT2D eigenvalue weighted by Gasteiger charge is -2.43. The average molecular weight is 267 g/mol. The summed E-state index contributed by atoms with van der Waals surface area (Å²) < 4.78 is 0. The molecule has 2 rings (SSSR count). The Labute approximate surface area is 110 Å². The molecule has 0 aliphatic carbocycles. The van der Waals surface area contributed by atoms with E-state index in [-0.39, 0.29) is 12.3 Å². The van der Waals surface area contributed by atoms with Crippen LogP contribution < -0.4 is 0 Å². The molecule has 19 heavy (non-hydrogen) atoms. The predicted molar refractivity (Wildman–Crippen MR) is 67.1 cm³/mol. The van der Waals surface area contributed by atoms with Crippen LogP contribution in [0, 0.1) is 0 Å². The zero-order chi connectivity index (χ0) is 14.2. The summed E-state index contributed by atoms with van der Waals surface area (Å²) in [7, 11) is 0. The summed E-state index contributed by atoms with van der Waals surface area (Å²) in [6.45, 7) is 1.57. The van der Waals surface area contributed by atoms with Crippen LogP contribution in [-0.2, 0) is 0 Å². The summed E-state index contributed by atoms with van der Waals surface area (Å²) in [5.41, 5.74) is 0.676. The highest BCUT2D eigenvalue weighted by Crippen LogP contribution is 2.33.